The van der Waals surface area contributed by atoms with Gasteiger partial charge in [0.1, 0.15) is 11.2 Å². The Bertz CT molecular complexity index is 3620. The molecule has 0 fully saturated rings. The van der Waals surface area contributed by atoms with Crippen molar-refractivity contribution in [1.29, 1.82) is 0 Å². The molecule has 274 valence electrons. The second kappa shape index (κ2) is 13.3. The first-order chi connectivity index (χ1) is 29.2. The smallest absolute Gasteiger partial charge is 0.167 e. The lowest BCUT2D eigenvalue weighted by molar-refractivity contribution is 0.669. The fraction of sp³-hybridized carbons (Fsp3) is 0. The SMILES string of the molecule is c1ccc(-c2nc(-c3cccc(-c4cccc(-c5cc6c7ccccc7c7ccccc7c6c6ccccc56)c4)c3)nc(-c3cccc4c3oc3ccccc34)n2)cc1. The van der Waals surface area contributed by atoms with E-state index in [0.717, 1.165) is 55.3 Å². The van der Waals surface area contributed by atoms with Crippen molar-refractivity contribution in [3.05, 3.63) is 200 Å². The number of aromatic nitrogens is 3. The third-order valence-electron chi connectivity index (χ3n) is 11.7. The van der Waals surface area contributed by atoms with E-state index in [-0.39, 0.29) is 0 Å². The van der Waals surface area contributed by atoms with E-state index in [1.54, 1.807) is 0 Å². The van der Waals surface area contributed by atoms with Crippen molar-refractivity contribution >= 4 is 65.0 Å². The van der Waals surface area contributed by atoms with Crippen LogP contribution in [0.2, 0.25) is 0 Å². The average molecular weight is 752 g/mol. The van der Waals surface area contributed by atoms with Crippen LogP contribution in [0.4, 0.5) is 0 Å². The summed E-state index contributed by atoms with van der Waals surface area (Å²) in [5.41, 5.74) is 8.80. The van der Waals surface area contributed by atoms with Gasteiger partial charge < -0.3 is 4.42 Å². The predicted molar refractivity (Wildman–Crippen MR) is 244 cm³/mol. The molecule has 0 aliphatic carbocycles. The Kier molecular flexibility index (Phi) is 7.50. The van der Waals surface area contributed by atoms with Gasteiger partial charge in [0, 0.05) is 21.9 Å². The monoisotopic (exact) mass is 751 g/mol. The molecule has 0 saturated heterocycles. The topological polar surface area (TPSA) is 51.8 Å². The van der Waals surface area contributed by atoms with Gasteiger partial charge in [-0.2, -0.15) is 0 Å². The van der Waals surface area contributed by atoms with Gasteiger partial charge in [-0.05, 0) is 95.7 Å². The minimum atomic E-state index is 0.564. The van der Waals surface area contributed by atoms with Crippen LogP contribution in [-0.4, -0.2) is 15.0 Å². The van der Waals surface area contributed by atoms with Gasteiger partial charge in [0.15, 0.2) is 17.5 Å². The Morgan fingerprint density at radius 3 is 1.49 bits per heavy atom. The van der Waals surface area contributed by atoms with Gasteiger partial charge >= 0.3 is 0 Å². The molecule has 0 unspecified atom stereocenters. The zero-order chi connectivity index (χ0) is 38.9. The second-order valence-corrected chi connectivity index (χ2v) is 15.1. The maximum Gasteiger partial charge on any atom is 0.167 e. The van der Waals surface area contributed by atoms with E-state index in [2.05, 4.69) is 140 Å². The van der Waals surface area contributed by atoms with Crippen LogP contribution in [0.1, 0.15) is 0 Å². The first-order valence-electron chi connectivity index (χ1n) is 19.9. The van der Waals surface area contributed by atoms with E-state index >= 15 is 0 Å². The summed E-state index contributed by atoms with van der Waals surface area (Å²) >= 11 is 0. The number of rotatable bonds is 5. The molecule has 0 atom stereocenters. The van der Waals surface area contributed by atoms with Crippen molar-refractivity contribution in [1.82, 2.24) is 15.0 Å². The summed E-state index contributed by atoms with van der Waals surface area (Å²) in [6.45, 7) is 0. The molecular formula is C55H33N3O. The van der Waals surface area contributed by atoms with Crippen molar-refractivity contribution in [3.8, 4) is 56.4 Å². The van der Waals surface area contributed by atoms with Crippen LogP contribution in [0.5, 0.6) is 0 Å². The van der Waals surface area contributed by atoms with Gasteiger partial charge in [0.25, 0.3) is 0 Å². The number of fused-ring (bicyclic) bond motifs is 11. The molecule has 0 N–H and O–H groups in total. The minimum absolute atomic E-state index is 0.564. The molecule has 12 aromatic rings. The highest BCUT2D eigenvalue weighted by Crippen LogP contribution is 2.43. The minimum Gasteiger partial charge on any atom is -0.455 e. The number of para-hydroxylation sites is 2. The Balaban J connectivity index is 1.01. The molecule has 0 spiro atoms. The first kappa shape index (κ1) is 33.2. The number of hydrogen-bond donors (Lipinski definition) is 0. The molecule has 4 nitrogen and oxygen atoms in total. The van der Waals surface area contributed by atoms with Crippen molar-refractivity contribution in [2.24, 2.45) is 0 Å². The molecular weight excluding hydrogens is 719 g/mol. The number of nitrogens with zero attached hydrogens (tertiary/aromatic N) is 3. The van der Waals surface area contributed by atoms with Gasteiger partial charge in [-0.3, -0.25) is 0 Å². The lowest BCUT2D eigenvalue weighted by Gasteiger charge is -2.16. The Hall–Kier alpha value is -7.95. The quantitative estimate of drug-likeness (QED) is 0.164. The van der Waals surface area contributed by atoms with Gasteiger partial charge in [-0.25, -0.2) is 15.0 Å². The third kappa shape index (κ3) is 5.42. The molecule has 4 heteroatoms. The lowest BCUT2D eigenvalue weighted by Crippen LogP contribution is -2.00. The Morgan fingerprint density at radius 2 is 0.746 bits per heavy atom. The largest absolute Gasteiger partial charge is 0.455 e. The fourth-order valence-electron chi connectivity index (χ4n) is 8.97. The maximum absolute atomic E-state index is 6.44. The molecule has 0 radical (unpaired) electrons. The average Bonchev–Trinajstić information content (AvgIpc) is 3.70. The zero-order valence-electron chi connectivity index (χ0n) is 31.8. The Morgan fingerprint density at radius 1 is 0.271 bits per heavy atom. The van der Waals surface area contributed by atoms with Gasteiger partial charge in [0.05, 0.1) is 5.56 Å². The zero-order valence-corrected chi connectivity index (χ0v) is 31.8. The van der Waals surface area contributed by atoms with Gasteiger partial charge in [-0.1, -0.05) is 170 Å². The normalized spacial score (nSPS) is 11.7. The molecule has 59 heavy (non-hydrogen) atoms. The molecule has 2 heterocycles. The molecule has 0 bridgehead atoms. The van der Waals surface area contributed by atoms with Crippen molar-refractivity contribution in [2.45, 2.75) is 0 Å². The highest BCUT2D eigenvalue weighted by atomic mass is 16.3. The van der Waals surface area contributed by atoms with E-state index in [4.69, 9.17) is 19.4 Å². The summed E-state index contributed by atoms with van der Waals surface area (Å²) in [7, 11) is 0. The summed E-state index contributed by atoms with van der Waals surface area (Å²) < 4.78 is 6.44. The highest BCUT2D eigenvalue weighted by molar-refractivity contribution is 6.33. The Labute approximate surface area is 339 Å². The van der Waals surface area contributed by atoms with Crippen molar-refractivity contribution in [2.75, 3.05) is 0 Å². The van der Waals surface area contributed by atoms with E-state index in [0.29, 0.717) is 17.5 Å². The number of hydrogen-bond acceptors (Lipinski definition) is 4. The van der Waals surface area contributed by atoms with E-state index < -0.39 is 0 Å². The maximum atomic E-state index is 6.44. The van der Waals surface area contributed by atoms with E-state index in [9.17, 15) is 0 Å². The predicted octanol–water partition coefficient (Wildman–Crippen LogP) is 14.7. The summed E-state index contributed by atoms with van der Waals surface area (Å²) in [6.07, 6.45) is 0. The van der Waals surface area contributed by atoms with Crippen LogP contribution < -0.4 is 0 Å². The van der Waals surface area contributed by atoms with Crippen molar-refractivity contribution < 1.29 is 4.42 Å². The first-order valence-corrected chi connectivity index (χ1v) is 19.9. The molecule has 10 aromatic carbocycles. The second-order valence-electron chi connectivity index (χ2n) is 15.1. The van der Waals surface area contributed by atoms with Gasteiger partial charge in [0.2, 0.25) is 0 Å². The van der Waals surface area contributed by atoms with Crippen LogP contribution >= 0.6 is 0 Å². The third-order valence-corrected chi connectivity index (χ3v) is 11.7. The number of furan rings is 1. The van der Waals surface area contributed by atoms with Crippen LogP contribution in [-0.2, 0) is 0 Å². The highest BCUT2D eigenvalue weighted by Gasteiger charge is 2.19. The summed E-state index contributed by atoms with van der Waals surface area (Å²) in [5.74, 6) is 1.77. The van der Waals surface area contributed by atoms with Crippen LogP contribution in [0, 0.1) is 0 Å². The van der Waals surface area contributed by atoms with Crippen LogP contribution in [0.3, 0.4) is 0 Å². The standard InChI is InChI=1S/C55H33N3O/c1-2-15-34(16-3-1)53-56-54(58-55(57-53)47-29-14-28-46-43-25-10-11-30-50(43)59-52(46)47)38-20-13-18-36(32-38)35-17-12-19-37(31-35)48-33-49-41-23-5-4-21-39(41)40-22-6-8-26-44(40)51(49)45-27-9-7-24-42(45)48/h1-33H. The van der Waals surface area contributed by atoms with Gasteiger partial charge in [-0.15, -0.1) is 0 Å². The fourth-order valence-corrected chi connectivity index (χ4v) is 8.97. The summed E-state index contributed by atoms with van der Waals surface area (Å²) in [4.78, 5) is 15.3. The molecule has 0 saturated carbocycles. The summed E-state index contributed by atoms with van der Waals surface area (Å²) in [6, 6.07) is 70.6. The number of benzene rings is 10. The molecule has 0 amide bonds. The summed E-state index contributed by atoms with van der Waals surface area (Å²) in [5, 5.41) is 12.2. The molecule has 0 aliphatic rings. The molecule has 2 aromatic heterocycles. The lowest BCUT2D eigenvalue weighted by atomic mass is 9.87. The van der Waals surface area contributed by atoms with Crippen LogP contribution in [0.25, 0.3) is 121 Å². The van der Waals surface area contributed by atoms with Crippen LogP contribution in [0.15, 0.2) is 205 Å². The van der Waals surface area contributed by atoms with Crippen molar-refractivity contribution in [3.63, 3.8) is 0 Å². The van der Waals surface area contributed by atoms with E-state index in [1.807, 2.05) is 60.7 Å². The molecule has 12 rings (SSSR count). The molecule has 0 aliphatic heterocycles. The van der Waals surface area contributed by atoms with E-state index in [1.165, 1.54) is 48.7 Å².